The lowest BCUT2D eigenvalue weighted by atomic mass is 10.0. The van der Waals surface area contributed by atoms with E-state index in [2.05, 4.69) is 0 Å². The molecule has 0 saturated carbocycles. The van der Waals surface area contributed by atoms with E-state index in [9.17, 15) is 22.4 Å². The van der Waals surface area contributed by atoms with E-state index in [-0.39, 0.29) is 5.56 Å². The summed E-state index contributed by atoms with van der Waals surface area (Å²) < 4.78 is 57.1. The van der Waals surface area contributed by atoms with Crippen LogP contribution in [-0.2, 0) is 6.18 Å². The number of ether oxygens (including phenoxy) is 1. The second-order valence-electron chi connectivity index (χ2n) is 5.53. The number of carbonyl (C=O) groups excluding carboxylic acids is 1. The molecule has 134 valence electrons. The minimum atomic E-state index is -4.87. The van der Waals surface area contributed by atoms with Crippen LogP contribution in [0.25, 0.3) is 0 Å². The molecule has 3 nitrogen and oxygen atoms in total. The smallest absolute Gasteiger partial charge is 0.419 e. The number of carbonyl (C=O) groups is 1. The van der Waals surface area contributed by atoms with E-state index < -0.39 is 29.5 Å². The van der Waals surface area contributed by atoms with Gasteiger partial charge in [-0.2, -0.15) is 13.2 Å². The highest BCUT2D eigenvalue weighted by Crippen LogP contribution is 2.33. The van der Waals surface area contributed by atoms with E-state index in [1.54, 1.807) is 31.2 Å². The Hall–Kier alpha value is -2.57. The minimum absolute atomic E-state index is 0.238. The third-order valence-electron chi connectivity index (χ3n) is 4.01. The highest BCUT2D eigenvalue weighted by molar-refractivity contribution is 5.94. The van der Waals surface area contributed by atoms with Crippen molar-refractivity contribution < 1.29 is 27.1 Å². The Morgan fingerprint density at radius 2 is 1.80 bits per heavy atom. The molecule has 0 N–H and O–H groups in total. The Balaban J connectivity index is 2.34. The maximum absolute atomic E-state index is 13.4. The molecule has 0 saturated heterocycles. The highest BCUT2D eigenvalue weighted by Gasteiger charge is 2.35. The molecule has 25 heavy (non-hydrogen) atoms. The number of hydrogen-bond acceptors (Lipinski definition) is 2. The lowest BCUT2D eigenvalue weighted by Crippen LogP contribution is -2.30. The number of halogens is 4. The topological polar surface area (TPSA) is 29.5 Å². The molecule has 0 aliphatic carbocycles. The summed E-state index contributed by atoms with van der Waals surface area (Å²) in [6, 6.07) is 8.80. The summed E-state index contributed by atoms with van der Waals surface area (Å²) in [6.45, 7) is 1.73. The minimum Gasteiger partial charge on any atom is -0.496 e. The summed E-state index contributed by atoms with van der Waals surface area (Å²) in [4.78, 5) is 13.8. The number of amides is 1. The molecule has 0 spiro atoms. The van der Waals surface area contributed by atoms with E-state index in [1.807, 2.05) is 0 Å². The van der Waals surface area contributed by atoms with Crippen LogP contribution in [0.4, 0.5) is 17.6 Å². The van der Waals surface area contributed by atoms with E-state index in [1.165, 1.54) is 19.1 Å². The van der Waals surface area contributed by atoms with Crippen LogP contribution >= 0.6 is 0 Å². The van der Waals surface area contributed by atoms with Gasteiger partial charge in [0, 0.05) is 18.2 Å². The maximum atomic E-state index is 13.4. The lowest BCUT2D eigenvalue weighted by Gasteiger charge is -2.27. The molecule has 7 heteroatoms. The van der Waals surface area contributed by atoms with E-state index in [0.29, 0.717) is 23.4 Å². The van der Waals surface area contributed by atoms with Gasteiger partial charge >= 0.3 is 6.18 Å². The zero-order valence-corrected chi connectivity index (χ0v) is 13.9. The van der Waals surface area contributed by atoms with Gasteiger partial charge < -0.3 is 9.64 Å². The first-order valence-electron chi connectivity index (χ1n) is 7.43. The fraction of sp³-hybridized carbons (Fsp3) is 0.278. The van der Waals surface area contributed by atoms with Crippen molar-refractivity contribution in [1.29, 1.82) is 0 Å². The average molecular weight is 355 g/mol. The second kappa shape index (κ2) is 7.13. The van der Waals surface area contributed by atoms with E-state index >= 15 is 0 Å². The van der Waals surface area contributed by atoms with Gasteiger partial charge in [-0.05, 0) is 31.2 Å². The Bertz CT molecular complexity index is 774. The van der Waals surface area contributed by atoms with Gasteiger partial charge in [-0.1, -0.05) is 18.2 Å². The van der Waals surface area contributed by atoms with Crippen molar-refractivity contribution in [2.45, 2.75) is 19.1 Å². The Kier molecular flexibility index (Phi) is 5.35. The molecule has 0 fully saturated rings. The molecule has 0 heterocycles. The molecule has 0 radical (unpaired) electrons. The molecule has 2 aromatic rings. The Labute approximate surface area is 142 Å². The monoisotopic (exact) mass is 355 g/mol. The normalized spacial score (nSPS) is 12.6. The van der Waals surface area contributed by atoms with Gasteiger partial charge in [-0.15, -0.1) is 0 Å². The summed E-state index contributed by atoms with van der Waals surface area (Å²) in [5.74, 6) is -1.50. The Morgan fingerprint density at radius 1 is 1.16 bits per heavy atom. The van der Waals surface area contributed by atoms with Gasteiger partial charge in [-0.3, -0.25) is 4.79 Å². The molecule has 0 aromatic heterocycles. The molecule has 2 aromatic carbocycles. The van der Waals surface area contributed by atoms with Gasteiger partial charge in [0.1, 0.15) is 11.6 Å². The number of nitrogens with zero attached hydrogens (tertiary/aromatic N) is 1. The first kappa shape index (κ1) is 18.8. The van der Waals surface area contributed by atoms with Crippen molar-refractivity contribution in [1.82, 2.24) is 4.90 Å². The fourth-order valence-electron chi connectivity index (χ4n) is 2.48. The van der Waals surface area contributed by atoms with Crippen molar-refractivity contribution >= 4 is 5.91 Å². The van der Waals surface area contributed by atoms with Crippen LogP contribution in [0.1, 0.15) is 34.5 Å². The molecular formula is C18H17F4NO2. The molecule has 1 unspecified atom stereocenters. The van der Waals surface area contributed by atoms with Crippen LogP contribution < -0.4 is 4.74 Å². The summed E-state index contributed by atoms with van der Waals surface area (Å²) in [7, 11) is 2.96. The van der Waals surface area contributed by atoms with E-state index in [4.69, 9.17) is 4.74 Å². The first-order valence-corrected chi connectivity index (χ1v) is 7.43. The molecule has 1 atom stereocenters. The molecule has 1 amide bonds. The third kappa shape index (κ3) is 3.92. The van der Waals surface area contributed by atoms with E-state index in [0.717, 1.165) is 6.07 Å². The number of rotatable bonds is 4. The quantitative estimate of drug-likeness (QED) is 0.745. The van der Waals surface area contributed by atoms with Crippen LogP contribution in [0.3, 0.4) is 0 Å². The van der Waals surface area contributed by atoms with Crippen molar-refractivity contribution in [2.75, 3.05) is 14.2 Å². The predicted octanol–water partition coefficient (Wildman–Crippen LogP) is 4.69. The van der Waals surface area contributed by atoms with Gasteiger partial charge in [-0.25, -0.2) is 4.39 Å². The SMILES string of the molecule is COc1ccccc1C(C)N(C)C(=O)c1ccc(F)c(C(F)(F)F)c1. The number of benzene rings is 2. The summed E-state index contributed by atoms with van der Waals surface area (Å²) in [5.41, 5.74) is -0.992. The van der Waals surface area contributed by atoms with Crippen LogP contribution in [0.15, 0.2) is 42.5 Å². The lowest BCUT2D eigenvalue weighted by molar-refractivity contribution is -0.140. The maximum Gasteiger partial charge on any atom is 0.419 e. The molecule has 0 bridgehead atoms. The standard InChI is InChI=1S/C18H17F4NO2/c1-11(13-6-4-5-7-16(13)25-3)23(2)17(24)12-8-9-15(19)14(10-12)18(20,21)22/h4-11H,1-3H3. The number of methoxy groups -OCH3 is 1. The van der Waals surface area contributed by atoms with Gasteiger partial charge in [0.25, 0.3) is 5.91 Å². The highest BCUT2D eigenvalue weighted by atomic mass is 19.4. The van der Waals surface area contributed by atoms with Gasteiger partial charge in [0.15, 0.2) is 0 Å². The predicted molar refractivity (Wildman–Crippen MR) is 84.9 cm³/mol. The summed E-state index contributed by atoms with van der Waals surface area (Å²) in [5, 5.41) is 0. The molecule has 0 aliphatic rings. The third-order valence-corrected chi connectivity index (χ3v) is 4.01. The molecule has 2 rings (SSSR count). The van der Waals surface area contributed by atoms with Crippen molar-refractivity contribution in [2.24, 2.45) is 0 Å². The molecular weight excluding hydrogens is 338 g/mol. The van der Waals surface area contributed by atoms with Crippen molar-refractivity contribution in [3.05, 3.63) is 65.0 Å². The van der Waals surface area contributed by atoms with Crippen LogP contribution in [0.2, 0.25) is 0 Å². The fourth-order valence-corrected chi connectivity index (χ4v) is 2.48. The zero-order chi connectivity index (χ0) is 18.8. The molecule has 0 aliphatic heterocycles. The van der Waals surface area contributed by atoms with Gasteiger partial charge in [0.05, 0.1) is 18.7 Å². The van der Waals surface area contributed by atoms with Gasteiger partial charge in [0.2, 0.25) is 0 Å². The average Bonchev–Trinajstić information content (AvgIpc) is 2.59. The van der Waals surface area contributed by atoms with Crippen molar-refractivity contribution in [3.63, 3.8) is 0 Å². The largest absolute Gasteiger partial charge is 0.496 e. The summed E-state index contributed by atoms with van der Waals surface area (Å²) >= 11 is 0. The second-order valence-corrected chi connectivity index (χ2v) is 5.53. The number of para-hydroxylation sites is 1. The first-order chi connectivity index (χ1) is 11.7. The Morgan fingerprint density at radius 3 is 2.40 bits per heavy atom. The van der Waals surface area contributed by atoms with Crippen LogP contribution in [0, 0.1) is 5.82 Å². The zero-order valence-electron chi connectivity index (χ0n) is 13.9. The van der Waals surface area contributed by atoms with Crippen molar-refractivity contribution in [3.8, 4) is 5.75 Å². The number of alkyl halides is 3. The van der Waals surface area contributed by atoms with Crippen LogP contribution in [-0.4, -0.2) is 25.0 Å². The summed E-state index contributed by atoms with van der Waals surface area (Å²) in [6.07, 6.45) is -4.87. The number of hydrogen-bond donors (Lipinski definition) is 0. The van der Waals surface area contributed by atoms with Crippen LogP contribution in [0.5, 0.6) is 5.75 Å².